The van der Waals surface area contributed by atoms with E-state index in [-0.39, 0.29) is 86.4 Å². The number of aromatic hydroxyl groups is 4. The maximum absolute atomic E-state index is 12.9. The van der Waals surface area contributed by atoms with Crippen molar-refractivity contribution in [3.8, 4) is 79.4 Å². The monoisotopic (exact) mass is 2070 g/mol. The van der Waals surface area contributed by atoms with E-state index in [4.69, 9.17) is 43.0 Å². The Kier molecular flexibility index (Phi) is 37.7. The van der Waals surface area contributed by atoms with Crippen LogP contribution >= 0.6 is 15.9 Å². The fourth-order valence-electron chi connectivity index (χ4n) is 18.6. The number of hydrogen-bond donors (Lipinski definition) is 9. The minimum Gasteiger partial charge on any atom is -0.504 e. The molecule has 14 aromatic rings. The molecule has 9 N–H and O–H groups in total. The number of carboxylic acids is 1. The number of piperidine rings is 3. The lowest BCUT2D eigenvalue weighted by Crippen LogP contribution is -2.41. The summed E-state index contributed by atoms with van der Waals surface area (Å²) in [4.78, 5) is 115. The van der Waals surface area contributed by atoms with Crippen molar-refractivity contribution in [1.82, 2.24) is 35.1 Å². The normalized spacial score (nSPS) is 13.8. The quantitative estimate of drug-likeness (QED) is 0.0302. The molecule has 2 aromatic heterocycles. The van der Waals surface area contributed by atoms with Crippen molar-refractivity contribution in [2.75, 3.05) is 91.6 Å². The number of nitrogens with zero attached hydrogens (tertiary/aromatic N) is 5. The summed E-state index contributed by atoms with van der Waals surface area (Å²) in [6.45, 7) is 32.5. The zero-order chi connectivity index (χ0) is 106. The summed E-state index contributed by atoms with van der Waals surface area (Å²) >= 11 is 3.32. The number of carbonyl (C=O) groups excluding carboxylic acids is 6. The second-order valence-corrected chi connectivity index (χ2v) is 37.9. The molecule has 3 saturated heterocycles. The van der Waals surface area contributed by atoms with E-state index in [9.17, 15) is 58.8 Å². The van der Waals surface area contributed by atoms with Crippen LogP contribution in [0, 0.1) is 5.92 Å². The summed E-state index contributed by atoms with van der Waals surface area (Å²) in [7, 11) is -1.54. The summed E-state index contributed by atoms with van der Waals surface area (Å²) < 4.78 is 30.0. The van der Waals surface area contributed by atoms with Crippen LogP contribution in [0.5, 0.6) is 46.0 Å². The molecule has 0 spiro atoms. The number of ketones is 1. The summed E-state index contributed by atoms with van der Waals surface area (Å²) in [5.74, 6) is 2.89. The number of ether oxygens (including phenoxy) is 3. The van der Waals surface area contributed by atoms with Crippen LogP contribution in [-0.2, 0) is 14.3 Å². The molecular weight excluding hydrogens is 1940 g/mol. The molecule has 0 saturated carbocycles. The number of Topliss-reactive ketones (excluding diaryl/α,β-unsaturated/α-hetero) is 1. The summed E-state index contributed by atoms with van der Waals surface area (Å²) in [5.41, 5.74) is 15.6. The second-order valence-electron chi connectivity index (χ2n) is 37.0. The maximum atomic E-state index is 12.9. The zero-order valence-electron chi connectivity index (χ0n) is 85.4. The molecule has 30 heteroatoms. The maximum Gasteiger partial charge on any atom is 0.488 e. The molecule has 0 bridgehead atoms. The Bertz CT molecular complexity index is 7330. The van der Waals surface area contributed by atoms with Crippen LogP contribution in [0.4, 0.5) is 4.79 Å². The number of carboxylic acid groups (broad SMARTS) is 1. The van der Waals surface area contributed by atoms with Gasteiger partial charge in [0.25, 0.3) is 29.6 Å². The molecule has 1 atom stereocenters. The standard InChI is InChI=1S/C29H32N2O3.C29H30N2O3.C24H21NO4.C13H7BrO3.C11H16BNO3.C10H17NO3.C2H4O2/c2*1-3-31(4-2)29(33)22-8-5-7-20(17-22)21-11-12-23-26(18-21)34-28-24(9-6-10-25(28)32)27(23)19-13-15-30-16-14-19;1-3-25(4-2)24(28)17-8-5-7-15(13-17)16-11-12-18-21(14-16)29-23-19(22(18)27)9-6-10-20(23)26;14-7-4-5-8-11(6-7)17-13-9(12(8)16)2-1-3-10(13)15;1-3-13(4-2)11(14)9-6-5-7-10(8-9)12(15)16;1-10(2,3)14-9(13)11-6-4-8(12)5-7-11;1-2(3)4/h5-12,17-19,27,30,32H,3-4,13-16H2,1-2H3;5-12,17-18,30,32H,3-4,13-16H2,1-2H3;5-14,26H,3-4H2,1-2H3;1-6,15H;5-8,15-16H,3-4H2,1-2H3;4-7H2,1-3H3;1H3,(H,3,4). The van der Waals surface area contributed by atoms with Crippen LogP contribution < -0.4 is 36.4 Å². The second kappa shape index (κ2) is 50.7. The number of aliphatic carboxylic acids is 1. The smallest absolute Gasteiger partial charge is 0.488 e. The van der Waals surface area contributed by atoms with Gasteiger partial charge in [-0.1, -0.05) is 131 Å². The third-order valence-corrected chi connectivity index (χ3v) is 26.8. The molecule has 5 aliphatic heterocycles. The predicted molar refractivity (Wildman–Crippen MR) is 583 cm³/mol. The zero-order valence-corrected chi connectivity index (χ0v) is 87.0. The fourth-order valence-corrected chi connectivity index (χ4v) is 18.9. The summed E-state index contributed by atoms with van der Waals surface area (Å²) in [6, 6.07) is 73.2. The van der Waals surface area contributed by atoms with E-state index >= 15 is 0 Å². The van der Waals surface area contributed by atoms with Gasteiger partial charge in [-0.2, -0.15) is 0 Å². The molecule has 1 unspecified atom stereocenters. The number of fused-ring (bicyclic) bond motifs is 8. The van der Waals surface area contributed by atoms with E-state index in [2.05, 4.69) is 63.0 Å². The number of phenols is 4. The Hall–Kier alpha value is -15.2. The number of rotatable bonds is 17. The number of hydrogen-bond acceptors (Lipinski definition) is 22. The van der Waals surface area contributed by atoms with Gasteiger partial charge in [0.1, 0.15) is 34.0 Å². The topological polar surface area (TPSA) is 389 Å². The molecule has 5 amide bonds. The van der Waals surface area contributed by atoms with Crippen LogP contribution in [0.25, 0.3) is 82.8 Å². The van der Waals surface area contributed by atoms with Crippen molar-refractivity contribution in [3.05, 3.63) is 318 Å². The minimum absolute atomic E-state index is 0.0138. The highest BCUT2D eigenvalue weighted by molar-refractivity contribution is 9.10. The van der Waals surface area contributed by atoms with Gasteiger partial charge >= 0.3 is 13.2 Å². The molecule has 148 heavy (non-hydrogen) atoms. The fraction of sp³-hybridized carbons (Fsp3) is 0.297. The lowest BCUT2D eigenvalue weighted by atomic mass is 9.74. The van der Waals surface area contributed by atoms with Crippen molar-refractivity contribution in [3.63, 3.8) is 0 Å². The molecule has 28 nitrogen and oxygen atoms in total. The average Bonchev–Trinajstić information content (AvgIpc) is 0.753. The number of para-hydroxylation sites is 4. The number of amides is 5. The van der Waals surface area contributed by atoms with E-state index in [0.717, 1.165) is 125 Å². The Balaban J connectivity index is 0.000000152. The SMILES string of the molecule is CC(=O)O.CC(C)(C)OC(=O)N1CCC(=O)CC1.CCN(CC)C(=O)c1cccc(-c2ccc3c(=O)c4cccc(O)c4oc3c2)c1.CCN(CC)C(=O)c1cccc(-c2ccc3c(c2)Oc2c(O)cccc2C3=C2CCNCC2)c1.CCN(CC)C(=O)c1cccc(-c2ccc3c(c2)Oc2c(O)cccc2C3C2CCNCC2)c1.CCN(CC)C(=O)c1cccc(B(O)O)c1.O=c1c2ccc(Br)cc2oc2c(O)cccc12. The molecule has 5 aliphatic rings. The summed E-state index contributed by atoms with van der Waals surface area (Å²) in [6.07, 6.45) is 4.73. The Morgan fingerprint density at radius 1 is 0.426 bits per heavy atom. The first-order chi connectivity index (χ1) is 71.1. The molecule has 770 valence electrons. The van der Waals surface area contributed by atoms with Gasteiger partial charge in [-0.15, -0.1) is 0 Å². The van der Waals surface area contributed by atoms with Crippen molar-refractivity contribution >= 4 is 119 Å². The number of nitrogens with one attached hydrogen (secondary N) is 2. The Morgan fingerprint density at radius 2 is 0.824 bits per heavy atom. The van der Waals surface area contributed by atoms with Crippen LogP contribution in [0.1, 0.15) is 191 Å². The number of likely N-dealkylation sites (tertiary alicyclic amines) is 1. The lowest BCUT2D eigenvalue weighted by Gasteiger charge is -2.36. The molecular formula is C118H127BBrN7O21. The van der Waals surface area contributed by atoms with E-state index in [1.165, 1.54) is 34.9 Å². The van der Waals surface area contributed by atoms with E-state index in [1.807, 2.05) is 183 Å². The number of carbonyl (C=O) groups is 7. The molecule has 0 aliphatic carbocycles. The number of benzene rings is 12. The van der Waals surface area contributed by atoms with E-state index in [1.54, 1.807) is 106 Å². The Labute approximate surface area is 869 Å². The predicted octanol–water partition coefficient (Wildman–Crippen LogP) is 21.4. The summed E-state index contributed by atoms with van der Waals surface area (Å²) in [5, 5.41) is 74.9. The van der Waals surface area contributed by atoms with Gasteiger partial charge in [0.05, 0.1) is 21.5 Å². The van der Waals surface area contributed by atoms with Gasteiger partial charge in [-0.05, 0) is 312 Å². The van der Waals surface area contributed by atoms with Crippen LogP contribution in [0.2, 0.25) is 0 Å². The van der Waals surface area contributed by atoms with Gasteiger partial charge in [0.2, 0.25) is 10.9 Å². The van der Waals surface area contributed by atoms with Crippen molar-refractivity contribution in [2.24, 2.45) is 5.92 Å². The van der Waals surface area contributed by atoms with Crippen molar-refractivity contribution < 1.29 is 92.2 Å². The van der Waals surface area contributed by atoms with Gasteiger partial charge < -0.3 is 93.8 Å². The Morgan fingerprint density at radius 3 is 1.31 bits per heavy atom. The van der Waals surface area contributed by atoms with E-state index in [0.29, 0.717) is 156 Å². The molecule has 0 radical (unpaired) electrons. The van der Waals surface area contributed by atoms with Crippen LogP contribution in [0.15, 0.2) is 271 Å². The largest absolute Gasteiger partial charge is 0.504 e. The first-order valence-electron chi connectivity index (χ1n) is 50.2. The third kappa shape index (κ3) is 26.6. The highest BCUT2D eigenvalue weighted by atomic mass is 79.9. The average molecular weight is 2070 g/mol. The van der Waals surface area contributed by atoms with Gasteiger partial charge in [0, 0.05) is 140 Å². The minimum atomic E-state index is -1.54. The lowest BCUT2D eigenvalue weighted by molar-refractivity contribution is -0.134. The third-order valence-electron chi connectivity index (χ3n) is 26.3. The highest BCUT2D eigenvalue weighted by Crippen LogP contribution is 2.54. The van der Waals surface area contributed by atoms with Crippen LogP contribution in [0.3, 0.4) is 0 Å². The number of phenolic OH excluding ortho intramolecular Hbond substituents is 4. The van der Waals surface area contributed by atoms with Crippen molar-refractivity contribution in [1.29, 1.82) is 0 Å². The molecule has 7 heterocycles. The first kappa shape index (κ1) is 110. The van der Waals surface area contributed by atoms with Crippen molar-refractivity contribution in [2.45, 2.75) is 133 Å². The number of halogens is 1. The molecule has 3 fully saturated rings. The van der Waals surface area contributed by atoms with E-state index < -0.39 is 18.7 Å². The molecule has 12 aromatic carbocycles. The first-order valence-corrected chi connectivity index (χ1v) is 51.0. The van der Waals surface area contributed by atoms with Gasteiger partial charge in [-0.3, -0.25) is 38.4 Å². The highest BCUT2D eigenvalue weighted by Gasteiger charge is 2.37. The van der Waals surface area contributed by atoms with Gasteiger partial charge in [-0.25, -0.2) is 4.79 Å². The van der Waals surface area contributed by atoms with Gasteiger partial charge in [0.15, 0.2) is 45.7 Å². The van der Waals surface area contributed by atoms with Crippen LogP contribution in [-0.4, -0.2) is 206 Å². The molecule has 19 rings (SSSR count).